The lowest BCUT2D eigenvalue weighted by Gasteiger charge is -2.27. The highest BCUT2D eigenvalue weighted by Crippen LogP contribution is 2.32. The van der Waals surface area contributed by atoms with Crippen molar-refractivity contribution < 1.29 is 90.3 Å². The second-order valence-electron chi connectivity index (χ2n) is 16.4. The molecule has 0 saturated carbocycles. The zero-order chi connectivity index (χ0) is 52.5. The average Bonchev–Trinajstić information content (AvgIpc) is 3.65. The van der Waals surface area contributed by atoms with E-state index in [0.29, 0.717) is 172 Å². The Kier molecular flexibility index (Phi) is 33.5. The van der Waals surface area contributed by atoms with Gasteiger partial charge in [0, 0.05) is 26.0 Å². The fraction of sp³-hybridized carbons (Fsp3) is 0.647. The summed E-state index contributed by atoms with van der Waals surface area (Å²) in [7, 11) is 0. The molecule has 2 aliphatic rings. The van der Waals surface area contributed by atoms with Gasteiger partial charge in [-0.3, -0.25) is 34.2 Å². The molecule has 0 aromatic heterocycles. The Bertz CT molecular complexity index is 1900. The maximum absolute atomic E-state index is 13.2. The summed E-state index contributed by atoms with van der Waals surface area (Å²) in [5, 5.41) is 7.55. The molecule has 1 atom stereocenters. The highest BCUT2D eigenvalue weighted by atomic mass is 16.6. The summed E-state index contributed by atoms with van der Waals surface area (Å²) < 4.78 is 71.2. The van der Waals surface area contributed by atoms with Gasteiger partial charge < -0.3 is 72.2 Å². The van der Waals surface area contributed by atoms with E-state index < -0.39 is 35.8 Å². The van der Waals surface area contributed by atoms with Crippen molar-refractivity contribution >= 4 is 41.3 Å². The molecule has 23 heteroatoms. The van der Waals surface area contributed by atoms with Gasteiger partial charge in [0.25, 0.3) is 11.8 Å². The van der Waals surface area contributed by atoms with Crippen LogP contribution in [0.1, 0.15) is 64.8 Å². The maximum atomic E-state index is 13.2. The summed E-state index contributed by atoms with van der Waals surface area (Å²) >= 11 is 0. The first-order chi connectivity index (χ1) is 36.3. The van der Waals surface area contributed by atoms with Gasteiger partial charge in [0.2, 0.25) is 17.7 Å². The molecule has 74 heavy (non-hydrogen) atoms. The van der Waals surface area contributed by atoms with Crippen molar-refractivity contribution in [2.45, 2.75) is 51.2 Å². The summed E-state index contributed by atoms with van der Waals surface area (Å²) in [6.07, 6.45) is 1.93. The van der Waals surface area contributed by atoms with Gasteiger partial charge in [0.15, 0.2) is 0 Å². The molecule has 0 aliphatic carbocycles. The molecule has 1 unspecified atom stereocenters. The van der Waals surface area contributed by atoms with Crippen LogP contribution < -0.4 is 16.0 Å². The predicted molar refractivity (Wildman–Crippen MR) is 265 cm³/mol. The number of imide groups is 2. The largest absolute Gasteiger partial charge is 0.445 e. The summed E-state index contributed by atoms with van der Waals surface area (Å²) in [6, 6.07) is 13.0. The lowest BCUT2D eigenvalue weighted by atomic mass is 10.0. The van der Waals surface area contributed by atoms with E-state index >= 15 is 0 Å². The molecule has 0 bridgehead atoms. The van der Waals surface area contributed by atoms with Crippen molar-refractivity contribution in [3.63, 3.8) is 0 Å². The number of rotatable bonds is 46. The van der Waals surface area contributed by atoms with Gasteiger partial charge in [-0.2, -0.15) is 0 Å². The zero-order valence-corrected chi connectivity index (χ0v) is 42.5. The lowest BCUT2D eigenvalue weighted by molar-refractivity contribution is -0.136. The number of carbonyl (C=O) groups is 6. The van der Waals surface area contributed by atoms with Crippen LogP contribution in [-0.2, 0) is 82.6 Å². The quantitative estimate of drug-likeness (QED) is 0.0636. The molecule has 2 aliphatic heterocycles. The molecule has 4 rings (SSSR count). The number of fused-ring (bicyclic) bond motifs is 1. The van der Waals surface area contributed by atoms with Gasteiger partial charge in [-0.1, -0.05) is 42.8 Å². The molecule has 1 fully saturated rings. The van der Waals surface area contributed by atoms with E-state index in [1.807, 2.05) is 30.3 Å². The Morgan fingerprint density at radius 3 is 1.45 bits per heavy atom. The highest BCUT2D eigenvalue weighted by Gasteiger charge is 2.45. The lowest BCUT2D eigenvalue weighted by Crippen LogP contribution is -2.54. The second-order valence-corrected chi connectivity index (χ2v) is 16.4. The van der Waals surface area contributed by atoms with E-state index in [1.165, 1.54) is 6.07 Å². The fourth-order valence-corrected chi connectivity index (χ4v) is 7.02. The van der Waals surface area contributed by atoms with E-state index in [9.17, 15) is 28.8 Å². The van der Waals surface area contributed by atoms with E-state index in [-0.39, 0.29) is 48.6 Å². The molecule has 2 aromatic rings. The number of anilines is 1. The number of hydrogen-bond donors (Lipinski definition) is 3. The van der Waals surface area contributed by atoms with Crippen LogP contribution in [-0.4, -0.2) is 212 Å². The standard InChI is InChI=1S/C51H76N4O19/c56-45(53-43-11-7-10-42-47(43)50(60)55(49(42)59)44-13-14-46(57)54-48(44)58)12-5-2-6-16-62-18-20-64-22-24-66-26-28-68-30-32-70-34-36-72-38-39-73-37-35-71-33-31-69-29-27-67-25-23-65-21-19-63-17-15-52-51(61)74-40-41-8-3-1-4-9-41/h1,3-4,7-11,44H,2,5-6,12-40H2,(H,52,61)(H,53,56)(H,54,57,58). The molecular weight excluding hydrogens is 973 g/mol. The number of amides is 6. The van der Waals surface area contributed by atoms with E-state index in [2.05, 4.69) is 16.0 Å². The first kappa shape index (κ1) is 61.5. The third-order valence-corrected chi connectivity index (χ3v) is 10.8. The fourth-order valence-electron chi connectivity index (χ4n) is 7.02. The van der Waals surface area contributed by atoms with Crippen molar-refractivity contribution in [3.8, 4) is 0 Å². The van der Waals surface area contributed by atoms with Gasteiger partial charge >= 0.3 is 6.09 Å². The maximum Gasteiger partial charge on any atom is 0.407 e. The number of benzene rings is 2. The Balaban J connectivity index is 0.772. The minimum absolute atomic E-state index is 0.0232. The van der Waals surface area contributed by atoms with Crippen molar-refractivity contribution in [2.24, 2.45) is 0 Å². The first-order valence-corrected chi connectivity index (χ1v) is 25.4. The Morgan fingerprint density at radius 2 is 0.973 bits per heavy atom. The third-order valence-electron chi connectivity index (χ3n) is 10.8. The Morgan fingerprint density at radius 1 is 0.514 bits per heavy atom. The van der Waals surface area contributed by atoms with Crippen LogP contribution >= 0.6 is 0 Å². The highest BCUT2D eigenvalue weighted by molar-refractivity contribution is 6.26. The Labute approximate surface area is 433 Å². The van der Waals surface area contributed by atoms with E-state index in [0.717, 1.165) is 23.3 Å². The summed E-state index contributed by atoms with van der Waals surface area (Å²) in [4.78, 5) is 75.4. The first-order valence-electron chi connectivity index (χ1n) is 25.4. The molecule has 6 amide bonds. The molecule has 0 spiro atoms. The second kappa shape index (κ2) is 40.3. The number of hydrogen-bond acceptors (Lipinski definition) is 19. The van der Waals surface area contributed by atoms with Crippen LogP contribution in [0, 0.1) is 0 Å². The predicted octanol–water partition coefficient (Wildman–Crippen LogP) is 2.71. The van der Waals surface area contributed by atoms with Gasteiger partial charge in [-0.15, -0.1) is 0 Å². The van der Waals surface area contributed by atoms with Gasteiger partial charge in [-0.25, -0.2) is 4.79 Å². The minimum atomic E-state index is -1.08. The topological polar surface area (TPSA) is 262 Å². The minimum Gasteiger partial charge on any atom is -0.445 e. The SMILES string of the molecule is O=C1CCC(N2C(=O)c3cccc(NC(=O)CCCCCOCCOCCOCCOCCOCCOCCOCCOCCOCCOCCOCCOCCNC(=O)OCc4ccccc4)c3C2=O)C(=O)N1. The molecule has 23 nitrogen and oxygen atoms in total. The number of ether oxygens (including phenoxy) is 13. The smallest absolute Gasteiger partial charge is 0.407 e. The molecule has 0 radical (unpaired) electrons. The van der Waals surface area contributed by atoms with Crippen LogP contribution in [0.25, 0.3) is 0 Å². The van der Waals surface area contributed by atoms with E-state index in [4.69, 9.17) is 61.6 Å². The van der Waals surface area contributed by atoms with Crippen LogP contribution in [0.4, 0.5) is 10.5 Å². The number of alkyl carbamates (subject to hydrolysis) is 1. The van der Waals surface area contributed by atoms with Crippen molar-refractivity contribution in [2.75, 3.05) is 170 Å². The number of piperidine rings is 1. The monoisotopic (exact) mass is 1050 g/mol. The summed E-state index contributed by atoms with van der Waals surface area (Å²) in [6.45, 7) is 11.4. The molecule has 2 aromatic carbocycles. The van der Waals surface area contributed by atoms with Crippen molar-refractivity contribution in [3.05, 3.63) is 65.2 Å². The van der Waals surface area contributed by atoms with Gasteiger partial charge in [0.1, 0.15) is 12.6 Å². The van der Waals surface area contributed by atoms with Crippen LogP contribution in [0.2, 0.25) is 0 Å². The molecule has 414 valence electrons. The summed E-state index contributed by atoms with van der Waals surface area (Å²) in [5.41, 5.74) is 1.29. The van der Waals surface area contributed by atoms with Gasteiger partial charge in [0.05, 0.1) is 169 Å². The zero-order valence-electron chi connectivity index (χ0n) is 42.5. The average molecular weight is 1050 g/mol. The van der Waals surface area contributed by atoms with Gasteiger partial charge in [-0.05, 0) is 37.0 Å². The van der Waals surface area contributed by atoms with Crippen molar-refractivity contribution in [1.29, 1.82) is 0 Å². The molecule has 1 saturated heterocycles. The molecule has 3 N–H and O–H groups in total. The van der Waals surface area contributed by atoms with Crippen LogP contribution in [0.3, 0.4) is 0 Å². The normalized spacial score (nSPS) is 14.4. The molecule has 2 heterocycles. The molecular formula is C51H76N4O19. The van der Waals surface area contributed by atoms with Crippen LogP contribution in [0.5, 0.6) is 0 Å². The number of unbranched alkanes of at least 4 members (excludes halogenated alkanes) is 2. The van der Waals surface area contributed by atoms with E-state index in [1.54, 1.807) is 12.1 Å². The number of nitrogens with zero attached hydrogens (tertiary/aromatic N) is 1. The summed E-state index contributed by atoms with van der Waals surface area (Å²) in [5.74, 6) is -2.74. The number of nitrogens with one attached hydrogen (secondary N) is 3. The number of carbonyl (C=O) groups excluding carboxylic acids is 6. The Hall–Kier alpha value is -5.02. The van der Waals surface area contributed by atoms with Crippen molar-refractivity contribution in [1.82, 2.24) is 15.5 Å². The third kappa shape index (κ3) is 27.0. The van der Waals surface area contributed by atoms with Crippen LogP contribution in [0.15, 0.2) is 48.5 Å².